The van der Waals surface area contributed by atoms with E-state index >= 15 is 0 Å². The Bertz CT molecular complexity index is 1260. The van der Waals surface area contributed by atoms with Crippen LogP contribution in [0.2, 0.25) is 5.02 Å². The number of rotatable bonds is 8. The number of carbonyl (C=O) groups is 1. The predicted octanol–water partition coefficient (Wildman–Crippen LogP) is 5.60. The first kappa shape index (κ1) is 22.3. The summed E-state index contributed by atoms with van der Waals surface area (Å²) in [7, 11) is 3.56. The van der Waals surface area contributed by atoms with Crippen LogP contribution in [-0.4, -0.2) is 27.6 Å². The summed E-state index contributed by atoms with van der Waals surface area (Å²) < 4.78 is 13.0. The van der Waals surface area contributed by atoms with Gasteiger partial charge in [0.05, 0.1) is 42.1 Å². The normalized spacial score (nSPS) is 11.1. The van der Waals surface area contributed by atoms with Crippen LogP contribution in [0.3, 0.4) is 0 Å². The Morgan fingerprint density at radius 1 is 1.22 bits per heavy atom. The van der Waals surface area contributed by atoms with E-state index in [4.69, 9.17) is 26.1 Å². The number of methoxy groups -OCH3 is 1. The van der Waals surface area contributed by atoms with E-state index in [1.807, 2.05) is 41.9 Å². The van der Waals surface area contributed by atoms with Crippen LogP contribution in [0.1, 0.15) is 29.5 Å². The van der Waals surface area contributed by atoms with Crippen molar-refractivity contribution in [2.45, 2.75) is 32.8 Å². The predicted molar refractivity (Wildman–Crippen MR) is 127 cm³/mol. The monoisotopic (exact) mass is 469 g/mol. The van der Waals surface area contributed by atoms with Crippen LogP contribution >= 0.6 is 22.9 Å². The van der Waals surface area contributed by atoms with Gasteiger partial charge in [-0.1, -0.05) is 31.0 Å². The minimum absolute atomic E-state index is 0.189. The molecule has 4 aromatic rings. The van der Waals surface area contributed by atoms with Crippen molar-refractivity contribution < 1.29 is 14.3 Å². The van der Waals surface area contributed by atoms with Gasteiger partial charge in [-0.3, -0.25) is 4.79 Å². The number of aromatic nitrogens is 3. The molecular weight excluding hydrogens is 446 g/mol. The average molecular weight is 470 g/mol. The van der Waals surface area contributed by atoms with Crippen LogP contribution in [0.15, 0.2) is 42.7 Å². The van der Waals surface area contributed by atoms with Gasteiger partial charge in [-0.25, -0.2) is 9.97 Å². The van der Waals surface area contributed by atoms with Gasteiger partial charge in [0.15, 0.2) is 0 Å². The standard InChI is InChI=1S/C24H24ClN3O3S/c1-4-5-18-22(32-24(27-18)17-8-7-16(25)11-21(17)30-3)12-23(29)31-13-15-6-9-20-19(10-15)26-14-28(20)2/h6-11,14H,4-5,12-13H2,1-3H3. The lowest BCUT2D eigenvalue weighted by atomic mass is 10.2. The van der Waals surface area contributed by atoms with Crippen LogP contribution in [0.4, 0.5) is 0 Å². The third-order valence-electron chi connectivity index (χ3n) is 5.15. The SMILES string of the molecule is CCCc1nc(-c2ccc(Cl)cc2OC)sc1CC(=O)OCc1ccc2c(c1)ncn2C. The Hall–Kier alpha value is -2.90. The maximum atomic E-state index is 12.6. The molecule has 2 heterocycles. The number of imidazole rings is 1. The molecule has 0 bridgehead atoms. The van der Waals surface area contributed by atoms with E-state index in [0.717, 1.165) is 50.6 Å². The molecule has 2 aromatic heterocycles. The van der Waals surface area contributed by atoms with Crippen LogP contribution in [0.5, 0.6) is 5.75 Å². The third kappa shape index (κ3) is 4.79. The first-order valence-electron chi connectivity index (χ1n) is 10.4. The summed E-state index contributed by atoms with van der Waals surface area (Å²) in [6.45, 7) is 2.31. The number of fused-ring (bicyclic) bond motifs is 1. The summed E-state index contributed by atoms with van der Waals surface area (Å²) >= 11 is 7.59. The second kappa shape index (κ2) is 9.71. The lowest BCUT2D eigenvalue weighted by molar-refractivity contribution is -0.144. The number of aryl methyl sites for hydroxylation is 2. The molecule has 0 aliphatic carbocycles. The van der Waals surface area contributed by atoms with E-state index in [9.17, 15) is 4.79 Å². The molecule has 6 nitrogen and oxygen atoms in total. The molecule has 32 heavy (non-hydrogen) atoms. The van der Waals surface area contributed by atoms with E-state index in [1.165, 1.54) is 11.3 Å². The summed E-state index contributed by atoms with van der Waals surface area (Å²) in [6.07, 6.45) is 3.69. The summed E-state index contributed by atoms with van der Waals surface area (Å²) in [4.78, 5) is 22.7. The molecule has 0 spiro atoms. The lowest BCUT2D eigenvalue weighted by Crippen LogP contribution is -2.08. The van der Waals surface area contributed by atoms with Gasteiger partial charge >= 0.3 is 5.97 Å². The molecule has 0 N–H and O–H groups in total. The van der Waals surface area contributed by atoms with Crippen LogP contribution in [0, 0.1) is 0 Å². The van der Waals surface area contributed by atoms with Gasteiger partial charge in [-0.15, -0.1) is 11.3 Å². The van der Waals surface area contributed by atoms with Gasteiger partial charge in [0.25, 0.3) is 0 Å². The fraction of sp³-hybridized carbons (Fsp3) is 0.292. The molecule has 0 unspecified atom stereocenters. The van der Waals surface area contributed by atoms with Gasteiger partial charge in [0.2, 0.25) is 0 Å². The second-order valence-corrected chi connectivity index (χ2v) is 9.02. The minimum Gasteiger partial charge on any atom is -0.496 e. The number of hydrogen-bond acceptors (Lipinski definition) is 6. The fourth-order valence-corrected chi connectivity index (χ4v) is 4.81. The van der Waals surface area contributed by atoms with Crippen LogP contribution in [0.25, 0.3) is 21.6 Å². The quantitative estimate of drug-likeness (QED) is 0.314. The van der Waals surface area contributed by atoms with Gasteiger partial charge < -0.3 is 14.0 Å². The Labute approximate surface area is 195 Å². The van der Waals surface area contributed by atoms with E-state index in [2.05, 4.69) is 11.9 Å². The van der Waals surface area contributed by atoms with Crippen molar-refractivity contribution in [3.63, 3.8) is 0 Å². The molecular formula is C24H24ClN3O3S. The van der Waals surface area contributed by atoms with Crippen molar-refractivity contribution >= 4 is 39.9 Å². The molecule has 0 atom stereocenters. The Kier molecular flexibility index (Phi) is 6.77. The minimum atomic E-state index is -0.276. The van der Waals surface area contributed by atoms with Gasteiger partial charge in [0, 0.05) is 16.9 Å². The molecule has 0 aliphatic rings. The zero-order chi connectivity index (χ0) is 22.7. The smallest absolute Gasteiger partial charge is 0.311 e. The number of benzene rings is 2. The van der Waals surface area contributed by atoms with Gasteiger partial charge in [-0.2, -0.15) is 0 Å². The fourth-order valence-electron chi connectivity index (χ4n) is 3.53. The van der Waals surface area contributed by atoms with Crippen LogP contribution in [-0.2, 0) is 36.0 Å². The highest BCUT2D eigenvalue weighted by Crippen LogP contribution is 2.36. The van der Waals surface area contributed by atoms with Gasteiger partial charge in [-0.05, 0) is 42.3 Å². The molecule has 8 heteroatoms. The molecule has 0 radical (unpaired) electrons. The molecule has 2 aromatic carbocycles. The number of nitrogens with zero attached hydrogens (tertiary/aromatic N) is 3. The van der Waals surface area contributed by atoms with Crippen molar-refractivity contribution in [3.8, 4) is 16.3 Å². The molecule has 0 saturated heterocycles. The van der Waals surface area contributed by atoms with Crippen molar-refractivity contribution in [2.24, 2.45) is 7.05 Å². The topological polar surface area (TPSA) is 66.2 Å². The maximum Gasteiger partial charge on any atom is 0.311 e. The second-order valence-electron chi connectivity index (χ2n) is 7.50. The number of hydrogen-bond donors (Lipinski definition) is 0. The van der Waals surface area contributed by atoms with E-state index < -0.39 is 0 Å². The highest BCUT2D eigenvalue weighted by atomic mass is 35.5. The molecule has 0 fully saturated rings. The van der Waals surface area contributed by atoms with Crippen molar-refractivity contribution in [1.82, 2.24) is 14.5 Å². The van der Waals surface area contributed by atoms with E-state index in [-0.39, 0.29) is 19.0 Å². The Balaban J connectivity index is 1.49. The van der Waals surface area contributed by atoms with Crippen molar-refractivity contribution in [3.05, 3.63) is 63.9 Å². The van der Waals surface area contributed by atoms with Crippen molar-refractivity contribution in [1.29, 1.82) is 0 Å². The molecule has 0 amide bonds. The zero-order valence-electron chi connectivity index (χ0n) is 18.2. The largest absolute Gasteiger partial charge is 0.496 e. The van der Waals surface area contributed by atoms with E-state index in [1.54, 1.807) is 19.5 Å². The molecule has 0 saturated carbocycles. The van der Waals surface area contributed by atoms with Crippen LogP contribution < -0.4 is 4.74 Å². The first-order valence-corrected chi connectivity index (χ1v) is 11.6. The first-order chi connectivity index (χ1) is 15.5. The number of ether oxygens (including phenoxy) is 2. The lowest BCUT2D eigenvalue weighted by Gasteiger charge is -2.06. The average Bonchev–Trinajstić information content (AvgIpc) is 3.35. The number of carbonyl (C=O) groups excluding carboxylic acids is 1. The Morgan fingerprint density at radius 3 is 2.84 bits per heavy atom. The highest BCUT2D eigenvalue weighted by Gasteiger charge is 2.18. The van der Waals surface area contributed by atoms with Crippen molar-refractivity contribution in [2.75, 3.05) is 7.11 Å². The third-order valence-corrected chi connectivity index (χ3v) is 6.52. The van der Waals surface area contributed by atoms with Gasteiger partial charge in [0.1, 0.15) is 17.4 Å². The molecule has 166 valence electrons. The Morgan fingerprint density at radius 2 is 2.06 bits per heavy atom. The molecule has 4 rings (SSSR count). The number of halogens is 1. The summed E-state index contributed by atoms with van der Waals surface area (Å²) in [5, 5.41) is 1.41. The summed E-state index contributed by atoms with van der Waals surface area (Å²) in [6, 6.07) is 11.4. The van der Waals surface area contributed by atoms with E-state index in [0.29, 0.717) is 10.8 Å². The summed E-state index contributed by atoms with van der Waals surface area (Å²) in [5.41, 5.74) is 4.63. The maximum absolute atomic E-state index is 12.6. The molecule has 0 aliphatic heterocycles. The number of esters is 1. The zero-order valence-corrected chi connectivity index (χ0v) is 19.8. The summed E-state index contributed by atoms with van der Waals surface area (Å²) in [5.74, 6) is 0.384. The highest BCUT2D eigenvalue weighted by molar-refractivity contribution is 7.15. The number of thiazole rings is 1.